The highest BCUT2D eigenvalue weighted by Gasteiger charge is 2.36. The highest BCUT2D eigenvalue weighted by atomic mass is 32.1. The van der Waals surface area contributed by atoms with Gasteiger partial charge in [0.05, 0.1) is 20.6 Å². The van der Waals surface area contributed by atoms with E-state index in [1.807, 2.05) is 67.6 Å². The summed E-state index contributed by atoms with van der Waals surface area (Å²) in [6, 6.07) is 24.9. The summed E-state index contributed by atoms with van der Waals surface area (Å²) in [7, 11) is 0. The zero-order valence-corrected chi connectivity index (χ0v) is 18.2. The SMILES string of the molecule is CC(=O)Nc1cccc(NC(=O)C(C)(Cc2nc3ccccc3s2)c2ccccc2)c1. The smallest absolute Gasteiger partial charge is 0.235 e. The summed E-state index contributed by atoms with van der Waals surface area (Å²) in [6.07, 6.45) is 0.480. The van der Waals surface area contributed by atoms with Crippen LogP contribution in [0.5, 0.6) is 0 Å². The number of rotatable bonds is 6. The van der Waals surface area contributed by atoms with Crippen LogP contribution in [-0.2, 0) is 21.4 Å². The molecule has 0 bridgehead atoms. The topological polar surface area (TPSA) is 71.1 Å². The second-order valence-corrected chi connectivity index (χ2v) is 8.78. The average molecular weight is 430 g/mol. The Bertz CT molecular complexity index is 1200. The lowest BCUT2D eigenvalue weighted by Crippen LogP contribution is -2.39. The molecule has 0 saturated carbocycles. The minimum atomic E-state index is -0.820. The molecular formula is C25H23N3O2S. The van der Waals surface area contributed by atoms with Crippen molar-refractivity contribution < 1.29 is 9.59 Å². The monoisotopic (exact) mass is 429 g/mol. The molecule has 0 radical (unpaired) electrons. The number of nitrogens with one attached hydrogen (secondary N) is 2. The molecule has 5 nitrogen and oxygen atoms in total. The summed E-state index contributed by atoms with van der Waals surface area (Å²) in [5.74, 6) is -0.286. The van der Waals surface area contributed by atoms with E-state index in [-0.39, 0.29) is 11.8 Å². The van der Waals surface area contributed by atoms with E-state index in [9.17, 15) is 9.59 Å². The lowest BCUT2D eigenvalue weighted by atomic mass is 9.78. The Balaban J connectivity index is 1.66. The molecule has 0 aliphatic heterocycles. The Labute approximate surface area is 185 Å². The summed E-state index contributed by atoms with van der Waals surface area (Å²) in [5, 5.41) is 6.69. The lowest BCUT2D eigenvalue weighted by molar-refractivity contribution is -0.121. The van der Waals surface area contributed by atoms with Crippen molar-refractivity contribution in [1.29, 1.82) is 0 Å². The standard InChI is InChI=1S/C25H23N3O2S/c1-17(29)26-19-11-8-12-20(15-19)27-24(30)25(2,18-9-4-3-5-10-18)16-23-28-21-13-6-7-14-22(21)31-23/h3-15H,16H2,1-2H3,(H,26,29)(H,27,30). The van der Waals surface area contributed by atoms with Gasteiger partial charge in [0.25, 0.3) is 0 Å². The van der Waals surface area contributed by atoms with Crippen molar-refractivity contribution in [3.8, 4) is 0 Å². The van der Waals surface area contributed by atoms with Crippen LogP contribution in [0.2, 0.25) is 0 Å². The van der Waals surface area contributed by atoms with Gasteiger partial charge in [0, 0.05) is 24.7 Å². The van der Waals surface area contributed by atoms with Gasteiger partial charge >= 0.3 is 0 Å². The molecule has 0 fully saturated rings. The maximum Gasteiger partial charge on any atom is 0.235 e. The fraction of sp³-hybridized carbons (Fsp3) is 0.160. The molecule has 0 aliphatic rings. The molecule has 1 atom stereocenters. The maximum atomic E-state index is 13.6. The number of aromatic nitrogens is 1. The highest BCUT2D eigenvalue weighted by Crippen LogP contribution is 2.33. The fourth-order valence-electron chi connectivity index (χ4n) is 3.56. The molecule has 4 rings (SSSR count). The lowest BCUT2D eigenvalue weighted by Gasteiger charge is -2.28. The van der Waals surface area contributed by atoms with Crippen molar-refractivity contribution in [3.05, 3.63) is 89.4 Å². The van der Waals surface area contributed by atoms with Gasteiger partial charge in [-0.05, 0) is 42.8 Å². The van der Waals surface area contributed by atoms with Gasteiger partial charge < -0.3 is 10.6 Å². The molecule has 2 N–H and O–H groups in total. The van der Waals surface area contributed by atoms with Crippen LogP contribution < -0.4 is 10.6 Å². The normalized spacial score (nSPS) is 12.8. The molecular weight excluding hydrogens is 406 g/mol. The van der Waals surface area contributed by atoms with Gasteiger partial charge in [0.15, 0.2) is 0 Å². The van der Waals surface area contributed by atoms with Gasteiger partial charge in [0.2, 0.25) is 11.8 Å². The summed E-state index contributed by atoms with van der Waals surface area (Å²) < 4.78 is 1.11. The first-order chi connectivity index (χ1) is 14.9. The first-order valence-electron chi connectivity index (χ1n) is 10.0. The van der Waals surface area contributed by atoms with Gasteiger partial charge in [-0.25, -0.2) is 4.98 Å². The number of anilines is 2. The third-order valence-electron chi connectivity index (χ3n) is 5.20. The Morgan fingerprint density at radius 2 is 1.58 bits per heavy atom. The zero-order valence-electron chi connectivity index (χ0n) is 17.4. The summed E-state index contributed by atoms with van der Waals surface area (Å²) in [4.78, 5) is 29.7. The number of fused-ring (bicyclic) bond motifs is 1. The van der Waals surface area contributed by atoms with Crippen LogP contribution in [0.4, 0.5) is 11.4 Å². The minimum absolute atomic E-state index is 0.127. The van der Waals surface area contributed by atoms with E-state index in [1.54, 1.807) is 29.5 Å². The molecule has 3 aromatic carbocycles. The van der Waals surface area contributed by atoms with Crippen molar-refractivity contribution in [3.63, 3.8) is 0 Å². The van der Waals surface area contributed by atoms with Crippen LogP contribution in [0.15, 0.2) is 78.9 Å². The molecule has 1 heterocycles. The number of benzene rings is 3. The Kier molecular flexibility index (Phi) is 5.82. The second-order valence-electron chi connectivity index (χ2n) is 7.67. The predicted octanol–water partition coefficient (Wildman–Crippen LogP) is 5.39. The molecule has 31 heavy (non-hydrogen) atoms. The number of amides is 2. The minimum Gasteiger partial charge on any atom is -0.326 e. The third kappa shape index (κ3) is 4.64. The van der Waals surface area contributed by atoms with Crippen molar-refractivity contribution in [2.45, 2.75) is 25.7 Å². The first kappa shape index (κ1) is 20.8. The Hall–Kier alpha value is -3.51. The van der Waals surface area contributed by atoms with Gasteiger partial charge in [-0.15, -0.1) is 11.3 Å². The van der Waals surface area contributed by atoms with E-state index in [4.69, 9.17) is 4.98 Å². The number of nitrogens with zero attached hydrogens (tertiary/aromatic N) is 1. The first-order valence-corrected chi connectivity index (χ1v) is 10.8. The molecule has 2 amide bonds. The van der Waals surface area contributed by atoms with Crippen LogP contribution >= 0.6 is 11.3 Å². The van der Waals surface area contributed by atoms with Gasteiger partial charge in [0.1, 0.15) is 0 Å². The average Bonchev–Trinajstić information content (AvgIpc) is 3.16. The van der Waals surface area contributed by atoms with Crippen molar-refractivity contribution >= 4 is 44.7 Å². The van der Waals surface area contributed by atoms with Gasteiger partial charge in [-0.1, -0.05) is 48.5 Å². The van der Waals surface area contributed by atoms with Crippen molar-refractivity contribution in [2.75, 3.05) is 10.6 Å². The van der Waals surface area contributed by atoms with E-state index >= 15 is 0 Å². The van der Waals surface area contributed by atoms with Crippen LogP contribution in [0, 0.1) is 0 Å². The number of carbonyl (C=O) groups is 2. The predicted molar refractivity (Wildman–Crippen MR) is 126 cm³/mol. The van der Waals surface area contributed by atoms with E-state index in [1.165, 1.54) is 6.92 Å². The fourth-order valence-corrected chi connectivity index (χ4v) is 4.69. The van der Waals surface area contributed by atoms with Crippen LogP contribution in [0.3, 0.4) is 0 Å². The highest BCUT2D eigenvalue weighted by molar-refractivity contribution is 7.18. The summed E-state index contributed by atoms with van der Waals surface area (Å²) in [6.45, 7) is 3.40. The molecule has 1 unspecified atom stereocenters. The Morgan fingerprint density at radius 3 is 2.29 bits per heavy atom. The van der Waals surface area contributed by atoms with Crippen LogP contribution in [0.1, 0.15) is 24.4 Å². The molecule has 0 spiro atoms. The molecule has 1 aromatic heterocycles. The van der Waals surface area contributed by atoms with Crippen LogP contribution in [0.25, 0.3) is 10.2 Å². The maximum absolute atomic E-state index is 13.6. The molecule has 6 heteroatoms. The van der Waals surface area contributed by atoms with E-state index < -0.39 is 5.41 Å². The third-order valence-corrected chi connectivity index (χ3v) is 6.23. The number of thiazole rings is 1. The zero-order chi connectivity index (χ0) is 21.8. The molecule has 156 valence electrons. The summed E-state index contributed by atoms with van der Waals surface area (Å²) >= 11 is 1.61. The van der Waals surface area contributed by atoms with E-state index in [0.29, 0.717) is 17.8 Å². The van der Waals surface area contributed by atoms with E-state index in [2.05, 4.69) is 10.6 Å². The second kappa shape index (κ2) is 8.70. The number of hydrogen-bond donors (Lipinski definition) is 2. The summed E-state index contributed by atoms with van der Waals surface area (Å²) in [5.41, 5.74) is 2.31. The van der Waals surface area contributed by atoms with Gasteiger partial charge in [-0.3, -0.25) is 9.59 Å². The quantitative estimate of drug-likeness (QED) is 0.431. The number of carbonyl (C=O) groups excluding carboxylic acids is 2. The van der Waals surface area contributed by atoms with Crippen LogP contribution in [-0.4, -0.2) is 16.8 Å². The molecule has 0 saturated heterocycles. The number of hydrogen-bond acceptors (Lipinski definition) is 4. The van der Waals surface area contributed by atoms with Crippen molar-refractivity contribution in [1.82, 2.24) is 4.98 Å². The van der Waals surface area contributed by atoms with Gasteiger partial charge in [-0.2, -0.15) is 0 Å². The Morgan fingerprint density at radius 1 is 0.903 bits per heavy atom. The number of para-hydroxylation sites is 1. The van der Waals surface area contributed by atoms with Crippen molar-refractivity contribution in [2.24, 2.45) is 0 Å². The molecule has 4 aromatic rings. The molecule has 0 aliphatic carbocycles. The van der Waals surface area contributed by atoms with E-state index in [0.717, 1.165) is 20.8 Å². The largest absolute Gasteiger partial charge is 0.326 e.